The Labute approximate surface area is 168 Å². The summed E-state index contributed by atoms with van der Waals surface area (Å²) in [5.41, 5.74) is 5.71. The third-order valence-corrected chi connectivity index (χ3v) is 5.71. The van der Waals surface area contributed by atoms with Crippen LogP contribution in [0.15, 0.2) is 60.8 Å². The minimum Gasteiger partial charge on any atom is -0.278 e. The van der Waals surface area contributed by atoms with Gasteiger partial charge in [0.15, 0.2) is 5.13 Å². The van der Waals surface area contributed by atoms with E-state index in [4.69, 9.17) is 4.98 Å². The van der Waals surface area contributed by atoms with Gasteiger partial charge < -0.3 is 0 Å². The van der Waals surface area contributed by atoms with Crippen LogP contribution in [0.1, 0.15) is 32.7 Å². The molecule has 0 unspecified atom stereocenters. The predicted octanol–water partition coefficient (Wildman–Crippen LogP) is 5.46. The Morgan fingerprint density at radius 1 is 1.00 bits per heavy atom. The fourth-order valence-electron chi connectivity index (χ4n) is 3.21. The van der Waals surface area contributed by atoms with Gasteiger partial charge in [-0.3, -0.25) is 14.7 Å². The lowest BCUT2D eigenvalue weighted by Gasteiger charge is -2.20. The molecule has 4 aromatic rings. The van der Waals surface area contributed by atoms with Gasteiger partial charge in [0.1, 0.15) is 0 Å². The van der Waals surface area contributed by atoms with Gasteiger partial charge in [-0.1, -0.05) is 41.2 Å². The Kier molecular flexibility index (Phi) is 4.92. The lowest BCUT2D eigenvalue weighted by atomic mass is 10.0. The van der Waals surface area contributed by atoms with Gasteiger partial charge in [0.25, 0.3) is 5.91 Å². The average molecular weight is 388 g/mol. The van der Waals surface area contributed by atoms with E-state index in [9.17, 15) is 4.79 Å². The number of nitrogens with zero attached hydrogens (tertiary/aromatic N) is 3. The highest BCUT2D eigenvalue weighted by molar-refractivity contribution is 7.22. The summed E-state index contributed by atoms with van der Waals surface area (Å²) < 4.78 is 1.08. The third-order valence-electron chi connectivity index (χ3n) is 4.67. The zero-order valence-corrected chi connectivity index (χ0v) is 17.0. The lowest BCUT2D eigenvalue weighted by molar-refractivity contribution is 0.0984. The van der Waals surface area contributed by atoms with Crippen LogP contribution in [-0.2, 0) is 6.54 Å². The van der Waals surface area contributed by atoms with Crippen LogP contribution < -0.4 is 4.90 Å². The Balaban J connectivity index is 1.79. The molecule has 0 N–H and O–H groups in total. The van der Waals surface area contributed by atoms with E-state index in [1.807, 2.05) is 62.4 Å². The maximum atomic E-state index is 13.5. The summed E-state index contributed by atoms with van der Waals surface area (Å²) in [6, 6.07) is 17.8. The smallest absolute Gasteiger partial charge is 0.260 e. The summed E-state index contributed by atoms with van der Waals surface area (Å²) in [6.45, 7) is 6.45. The van der Waals surface area contributed by atoms with E-state index in [0.717, 1.165) is 27.0 Å². The number of hydrogen-bond donors (Lipinski definition) is 0. The molecular formula is C23H21N3OS. The van der Waals surface area contributed by atoms with Crippen LogP contribution in [0.5, 0.6) is 0 Å². The molecule has 4 nitrogen and oxygen atoms in total. The molecule has 0 radical (unpaired) electrons. The molecule has 28 heavy (non-hydrogen) atoms. The van der Waals surface area contributed by atoms with Crippen molar-refractivity contribution >= 4 is 32.6 Å². The molecule has 0 aliphatic carbocycles. The van der Waals surface area contributed by atoms with E-state index in [1.165, 1.54) is 16.9 Å². The summed E-state index contributed by atoms with van der Waals surface area (Å²) in [7, 11) is 0. The molecule has 0 fully saturated rings. The number of amides is 1. The molecule has 2 aromatic carbocycles. The number of carbonyl (C=O) groups excluding carboxylic acids is 1. The van der Waals surface area contributed by atoms with Gasteiger partial charge in [0, 0.05) is 11.8 Å². The maximum Gasteiger partial charge on any atom is 0.260 e. The fourth-order valence-corrected chi connectivity index (χ4v) is 4.28. The van der Waals surface area contributed by atoms with Gasteiger partial charge >= 0.3 is 0 Å². The number of anilines is 1. The molecule has 140 valence electrons. The molecular weight excluding hydrogens is 366 g/mol. The molecule has 2 aromatic heterocycles. The number of pyridine rings is 1. The highest BCUT2D eigenvalue weighted by Crippen LogP contribution is 2.31. The number of carbonyl (C=O) groups is 1. The molecule has 0 saturated carbocycles. The van der Waals surface area contributed by atoms with Gasteiger partial charge in [-0.25, -0.2) is 4.98 Å². The first-order valence-corrected chi connectivity index (χ1v) is 9.99. The maximum absolute atomic E-state index is 13.5. The molecule has 0 saturated heterocycles. The first-order chi connectivity index (χ1) is 13.5. The second kappa shape index (κ2) is 7.52. The van der Waals surface area contributed by atoms with Crippen molar-refractivity contribution in [2.24, 2.45) is 0 Å². The van der Waals surface area contributed by atoms with Crippen molar-refractivity contribution in [3.8, 4) is 0 Å². The second-order valence-electron chi connectivity index (χ2n) is 7.00. The molecule has 4 rings (SSSR count). The number of thiazole rings is 1. The second-order valence-corrected chi connectivity index (χ2v) is 8.01. The van der Waals surface area contributed by atoms with E-state index in [-0.39, 0.29) is 5.91 Å². The first kappa shape index (κ1) is 18.3. The summed E-state index contributed by atoms with van der Waals surface area (Å²) >= 11 is 1.54. The van der Waals surface area contributed by atoms with Crippen LogP contribution in [0.25, 0.3) is 10.2 Å². The lowest BCUT2D eigenvalue weighted by Crippen LogP contribution is -2.31. The Morgan fingerprint density at radius 3 is 2.54 bits per heavy atom. The van der Waals surface area contributed by atoms with Gasteiger partial charge in [-0.2, -0.15) is 0 Å². The normalized spacial score (nSPS) is 11.0. The predicted molar refractivity (Wildman–Crippen MR) is 115 cm³/mol. The van der Waals surface area contributed by atoms with Gasteiger partial charge in [0.2, 0.25) is 0 Å². The highest BCUT2D eigenvalue weighted by atomic mass is 32.1. The zero-order chi connectivity index (χ0) is 19.7. The summed E-state index contributed by atoms with van der Waals surface area (Å²) in [6.07, 6.45) is 1.75. The molecule has 0 aliphatic heterocycles. The molecule has 0 aliphatic rings. The van der Waals surface area contributed by atoms with E-state index in [2.05, 4.69) is 18.0 Å². The minimum absolute atomic E-state index is 0.0565. The number of aromatic nitrogens is 2. The average Bonchev–Trinajstić information content (AvgIpc) is 3.09. The topological polar surface area (TPSA) is 46.1 Å². The summed E-state index contributed by atoms with van der Waals surface area (Å²) in [5.74, 6) is -0.0565. The van der Waals surface area contributed by atoms with E-state index < -0.39 is 0 Å². The monoisotopic (exact) mass is 387 g/mol. The number of rotatable bonds is 4. The van der Waals surface area contributed by atoms with Crippen LogP contribution >= 0.6 is 11.3 Å². The van der Waals surface area contributed by atoms with E-state index in [0.29, 0.717) is 17.2 Å². The largest absolute Gasteiger partial charge is 0.278 e. The zero-order valence-electron chi connectivity index (χ0n) is 16.1. The van der Waals surface area contributed by atoms with Gasteiger partial charge in [-0.05, 0) is 62.2 Å². The molecule has 2 heterocycles. The Bertz CT molecular complexity index is 1150. The van der Waals surface area contributed by atoms with E-state index >= 15 is 0 Å². The standard InChI is InChI=1S/C23H21N3OS/c1-15-7-9-19(17(3)12-15)22(27)26(14-18-6-4-5-11-24-18)23-25-20-10-8-16(2)13-21(20)28-23/h4-13H,14H2,1-3H3. The number of benzene rings is 2. The summed E-state index contributed by atoms with van der Waals surface area (Å²) in [4.78, 5) is 24.4. The van der Waals surface area contributed by atoms with Crippen LogP contribution in [0.2, 0.25) is 0 Å². The molecule has 0 bridgehead atoms. The Morgan fingerprint density at radius 2 is 1.79 bits per heavy atom. The van der Waals surface area contributed by atoms with Crippen molar-refractivity contribution in [3.63, 3.8) is 0 Å². The quantitative estimate of drug-likeness (QED) is 0.467. The first-order valence-electron chi connectivity index (χ1n) is 9.17. The van der Waals surface area contributed by atoms with Crippen LogP contribution in [0.4, 0.5) is 5.13 Å². The number of aryl methyl sites for hydroxylation is 3. The molecule has 0 spiro atoms. The van der Waals surface area contributed by atoms with Crippen molar-refractivity contribution in [1.29, 1.82) is 0 Å². The molecule has 0 atom stereocenters. The molecule has 1 amide bonds. The molecule has 5 heteroatoms. The van der Waals surface area contributed by atoms with Crippen molar-refractivity contribution in [2.45, 2.75) is 27.3 Å². The van der Waals surface area contributed by atoms with E-state index in [1.54, 1.807) is 11.1 Å². The van der Waals surface area contributed by atoms with Crippen LogP contribution in [0, 0.1) is 20.8 Å². The summed E-state index contributed by atoms with van der Waals surface area (Å²) in [5, 5.41) is 0.691. The van der Waals surface area contributed by atoms with Crippen LogP contribution in [-0.4, -0.2) is 15.9 Å². The SMILES string of the molecule is Cc1ccc(C(=O)N(Cc2ccccn2)c2nc3ccc(C)cc3s2)c(C)c1. The van der Waals surface area contributed by atoms with Crippen molar-refractivity contribution in [2.75, 3.05) is 4.90 Å². The Hall–Kier alpha value is -3.05. The van der Waals surface area contributed by atoms with Crippen LogP contribution in [0.3, 0.4) is 0 Å². The van der Waals surface area contributed by atoms with Gasteiger partial charge in [0.05, 0.1) is 22.5 Å². The fraction of sp³-hybridized carbons (Fsp3) is 0.174. The number of hydrogen-bond acceptors (Lipinski definition) is 4. The van der Waals surface area contributed by atoms with Crippen molar-refractivity contribution < 1.29 is 4.79 Å². The number of fused-ring (bicyclic) bond motifs is 1. The third kappa shape index (κ3) is 3.66. The minimum atomic E-state index is -0.0565. The van der Waals surface area contributed by atoms with Gasteiger partial charge in [-0.15, -0.1) is 0 Å². The highest BCUT2D eigenvalue weighted by Gasteiger charge is 2.23. The van der Waals surface area contributed by atoms with Crippen molar-refractivity contribution in [1.82, 2.24) is 9.97 Å². The van der Waals surface area contributed by atoms with Crippen molar-refractivity contribution in [3.05, 3.63) is 88.7 Å².